The van der Waals surface area contributed by atoms with Crippen LogP contribution in [0, 0.1) is 0 Å². The van der Waals surface area contributed by atoms with Crippen LogP contribution >= 0.6 is 0 Å². The highest BCUT2D eigenvalue weighted by atomic mass is 16.7. The lowest BCUT2D eigenvalue weighted by molar-refractivity contribution is -0.250. The summed E-state index contributed by atoms with van der Waals surface area (Å²) in [6, 6.07) is 0. The van der Waals surface area contributed by atoms with Crippen molar-refractivity contribution >= 4 is 0 Å². The molecule has 2 unspecified atom stereocenters. The van der Waals surface area contributed by atoms with Crippen molar-refractivity contribution in [3.8, 4) is 0 Å². The lowest BCUT2D eigenvalue weighted by Gasteiger charge is -2.36. The van der Waals surface area contributed by atoms with Crippen molar-refractivity contribution in [2.45, 2.75) is 57.7 Å². The van der Waals surface area contributed by atoms with Crippen LogP contribution in [-0.2, 0) is 14.2 Å². The Balaban J connectivity index is 0.000000437. The highest BCUT2D eigenvalue weighted by Gasteiger charge is 2.34. The molecule has 0 aromatic heterocycles. The molecule has 17 heavy (non-hydrogen) atoms. The zero-order chi connectivity index (χ0) is 13.3. The maximum absolute atomic E-state index is 9.35. The van der Waals surface area contributed by atoms with Crippen LogP contribution in [0.15, 0.2) is 0 Å². The first-order chi connectivity index (χ1) is 8.10. The number of hydrogen-bond acceptors (Lipinski definition) is 5. The highest BCUT2D eigenvalue weighted by Crippen LogP contribution is 2.22. The number of methoxy groups -OCH3 is 2. The zero-order valence-electron chi connectivity index (χ0n) is 11.3. The van der Waals surface area contributed by atoms with Crippen LogP contribution in [0.1, 0.15) is 33.1 Å². The molecule has 1 rings (SSSR count). The van der Waals surface area contributed by atoms with Crippen LogP contribution in [0.3, 0.4) is 0 Å². The minimum absolute atomic E-state index is 0.0124. The fourth-order valence-electron chi connectivity index (χ4n) is 1.59. The van der Waals surface area contributed by atoms with Gasteiger partial charge in [0.1, 0.15) is 6.10 Å². The van der Waals surface area contributed by atoms with Crippen LogP contribution in [-0.4, -0.2) is 55.6 Å². The van der Waals surface area contributed by atoms with E-state index in [1.54, 1.807) is 14.2 Å². The van der Waals surface area contributed by atoms with Gasteiger partial charge in [0.15, 0.2) is 6.29 Å². The van der Waals surface area contributed by atoms with Gasteiger partial charge in [0.05, 0.1) is 12.2 Å². The van der Waals surface area contributed by atoms with Crippen molar-refractivity contribution in [1.29, 1.82) is 0 Å². The molecule has 1 heterocycles. The van der Waals surface area contributed by atoms with Gasteiger partial charge in [-0.25, -0.2) is 0 Å². The normalized spacial score (nSPS) is 32.8. The minimum Gasteiger partial charge on any atom is -0.396 e. The van der Waals surface area contributed by atoms with Gasteiger partial charge in [-0.05, 0) is 13.3 Å². The SMILES string of the molecule is CCCCO.COC1C[C@@H](OC)C(O)O[C@H]1C. The summed E-state index contributed by atoms with van der Waals surface area (Å²) in [6.45, 7) is 4.27. The predicted molar refractivity (Wildman–Crippen MR) is 64.8 cm³/mol. The summed E-state index contributed by atoms with van der Waals surface area (Å²) in [4.78, 5) is 0. The number of ether oxygens (including phenoxy) is 3. The van der Waals surface area contributed by atoms with Crippen LogP contribution < -0.4 is 0 Å². The van der Waals surface area contributed by atoms with E-state index in [2.05, 4.69) is 6.92 Å². The predicted octanol–water partition coefficient (Wildman–Crippen LogP) is 0.922. The Hall–Kier alpha value is -0.200. The third-order valence-corrected chi connectivity index (χ3v) is 2.78. The van der Waals surface area contributed by atoms with Crippen molar-refractivity contribution in [2.75, 3.05) is 20.8 Å². The molecule has 0 amide bonds. The Bertz CT molecular complexity index is 160. The average Bonchev–Trinajstić information content (AvgIpc) is 2.31. The van der Waals surface area contributed by atoms with Crippen molar-refractivity contribution in [3.63, 3.8) is 0 Å². The number of rotatable bonds is 4. The maximum Gasteiger partial charge on any atom is 0.181 e. The maximum atomic E-state index is 9.35. The number of unbranched alkanes of at least 4 members (excludes halogenated alkanes) is 1. The first-order valence-corrected chi connectivity index (χ1v) is 6.10. The molecular weight excluding hydrogens is 224 g/mol. The van der Waals surface area contributed by atoms with E-state index in [0.29, 0.717) is 13.0 Å². The van der Waals surface area contributed by atoms with Crippen molar-refractivity contribution in [1.82, 2.24) is 0 Å². The standard InChI is InChI=1S/C8H16O4.C4H10O/c1-5-6(10-2)4-7(11-3)8(9)12-5;1-2-3-4-5/h5-9H,4H2,1-3H3;5H,2-4H2,1H3/t5-,6?,7+,8?;/m0./s1. The lowest BCUT2D eigenvalue weighted by atomic mass is 10.0. The summed E-state index contributed by atoms with van der Waals surface area (Å²) in [5.41, 5.74) is 0. The summed E-state index contributed by atoms with van der Waals surface area (Å²) < 4.78 is 15.4. The Labute approximate surface area is 104 Å². The molecule has 1 fully saturated rings. The third-order valence-electron chi connectivity index (χ3n) is 2.78. The summed E-state index contributed by atoms with van der Waals surface area (Å²) in [5.74, 6) is 0. The topological polar surface area (TPSA) is 68.2 Å². The van der Waals surface area contributed by atoms with E-state index in [1.807, 2.05) is 6.92 Å². The molecule has 4 atom stereocenters. The minimum atomic E-state index is -0.823. The second-order valence-electron chi connectivity index (χ2n) is 4.09. The molecule has 0 bridgehead atoms. The molecule has 0 aromatic carbocycles. The van der Waals surface area contributed by atoms with Gasteiger partial charge in [0.2, 0.25) is 0 Å². The van der Waals surface area contributed by atoms with E-state index in [4.69, 9.17) is 19.3 Å². The Morgan fingerprint density at radius 3 is 2.18 bits per heavy atom. The summed E-state index contributed by atoms with van der Waals surface area (Å²) in [6.07, 6.45) is 1.56. The molecule has 5 heteroatoms. The van der Waals surface area contributed by atoms with Gasteiger partial charge < -0.3 is 24.4 Å². The molecule has 2 N–H and O–H groups in total. The Morgan fingerprint density at radius 1 is 1.24 bits per heavy atom. The highest BCUT2D eigenvalue weighted by molar-refractivity contribution is 4.79. The van der Waals surface area contributed by atoms with E-state index in [-0.39, 0.29) is 18.3 Å². The number of hydrogen-bond donors (Lipinski definition) is 2. The van der Waals surface area contributed by atoms with Crippen LogP contribution in [0.5, 0.6) is 0 Å². The van der Waals surface area contributed by atoms with Crippen molar-refractivity contribution in [3.05, 3.63) is 0 Å². The largest absolute Gasteiger partial charge is 0.396 e. The summed E-state index contributed by atoms with van der Waals surface area (Å²) in [5, 5.41) is 17.4. The number of aliphatic hydroxyl groups excluding tert-OH is 2. The second kappa shape index (κ2) is 9.79. The Morgan fingerprint density at radius 2 is 1.82 bits per heavy atom. The number of aliphatic hydroxyl groups is 2. The molecule has 1 aliphatic rings. The molecule has 0 aliphatic carbocycles. The summed E-state index contributed by atoms with van der Waals surface area (Å²) in [7, 11) is 3.19. The first kappa shape index (κ1) is 16.8. The molecule has 104 valence electrons. The molecule has 0 radical (unpaired) electrons. The zero-order valence-corrected chi connectivity index (χ0v) is 11.3. The van der Waals surface area contributed by atoms with Gasteiger partial charge in [0.25, 0.3) is 0 Å². The van der Waals surface area contributed by atoms with Gasteiger partial charge >= 0.3 is 0 Å². The molecule has 0 aromatic rings. The van der Waals surface area contributed by atoms with Crippen LogP contribution in [0.25, 0.3) is 0 Å². The molecule has 5 nitrogen and oxygen atoms in total. The van der Waals surface area contributed by atoms with Gasteiger partial charge in [-0.15, -0.1) is 0 Å². The second-order valence-corrected chi connectivity index (χ2v) is 4.09. The summed E-state index contributed by atoms with van der Waals surface area (Å²) >= 11 is 0. The van der Waals surface area contributed by atoms with Gasteiger partial charge in [-0.1, -0.05) is 13.3 Å². The lowest BCUT2D eigenvalue weighted by Crippen LogP contribution is -2.47. The van der Waals surface area contributed by atoms with E-state index in [1.165, 1.54) is 0 Å². The molecular formula is C12H26O5. The van der Waals surface area contributed by atoms with Crippen LogP contribution in [0.4, 0.5) is 0 Å². The monoisotopic (exact) mass is 250 g/mol. The van der Waals surface area contributed by atoms with Gasteiger partial charge in [0, 0.05) is 27.2 Å². The van der Waals surface area contributed by atoms with E-state index in [9.17, 15) is 5.11 Å². The Kier molecular flexibility index (Phi) is 9.68. The van der Waals surface area contributed by atoms with Crippen LogP contribution in [0.2, 0.25) is 0 Å². The molecule has 0 saturated carbocycles. The molecule has 1 aliphatic heterocycles. The van der Waals surface area contributed by atoms with E-state index < -0.39 is 6.29 Å². The smallest absolute Gasteiger partial charge is 0.181 e. The van der Waals surface area contributed by atoms with E-state index >= 15 is 0 Å². The van der Waals surface area contributed by atoms with Crippen molar-refractivity contribution in [2.24, 2.45) is 0 Å². The molecule has 0 spiro atoms. The fourth-order valence-corrected chi connectivity index (χ4v) is 1.59. The third kappa shape index (κ3) is 6.33. The fraction of sp³-hybridized carbons (Fsp3) is 1.00. The first-order valence-electron chi connectivity index (χ1n) is 6.10. The van der Waals surface area contributed by atoms with Crippen molar-refractivity contribution < 1.29 is 24.4 Å². The average molecular weight is 250 g/mol. The van der Waals surface area contributed by atoms with Gasteiger partial charge in [-0.2, -0.15) is 0 Å². The molecule has 1 saturated heterocycles. The quantitative estimate of drug-likeness (QED) is 0.776. The van der Waals surface area contributed by atoms with Gasteiger partial charge in [-0.3, -0.25) is 0 Å². The van der Waals surface area contributed by atoms with E-state index in [0.717, 1.165) is 12.8 Å².